The van der Waals surface area contributed by atoms with Gasteiger partial charge in [-0.25, -0.2) is 9.37 Å². The molecule has 7 heteroatoms. The highest BCUT2D eigenvalue weighted by Gasteiger charge is 2.24. The summed E-state index contributed by atoms with van der Waals surface area (Å²) in [6, 6.07) is 16.4. The lowest BCUT2D eigenvalue weighted by molar-refractivity contribution is 0.0697. The van der Waals surface area contributed by atoms with Crippen LogP contribution in [0.3, 0.4) is 0 Å². The van der Waals surface area contributed by atoms with Gasteiger partial charge in [0.2, 0.25) is 5.36 Å². The first-order chi connectivity index (χ1) is 16.6. The molecule has 0 radical (unpaired) electrons. The smallest absolute Gasteiger partial charge is 0.336 e. The van der Waals surface area contributed by atoms with Crippen molar-refractivity contribution in [3.63, 3.8) is 0 Å². The molecular formula is C28H30N3O4+. The summed E-state index contributed by atoms with van der Waals surface area (Å²) in [7, 11) is 7.80. The molecule has 0 aromatic heterocycles. The third kappa shape index (κ3) is 4.62. The maximum Gasteiger partial charge on any atom is 0.336 e. The van der Waals surface area contributed by atoms with Crippen molar-refractivity contribution < 1.29 is 19.1 Å². The Balaban J connectivity index is 2.13. The second kappa shape index (κ2) is 9.25. The van der Waals surface area contributed by atoms with Gasteiger partial charge < -0.3 is 19.7 Å². The molecule has 0 atom stereocenters. The van der Waals surface area contributed by atoms with Crippen molar-refractivity contribution in [1.82, 2.24) is 9.89 Å². The maximum absolute atomic E-state index is 12.8. The Hall–Kier alpha value is -4.13. The Bertz CT molecular complexity index is 1490. The summed E-state index contributed by atoms with van der Waals surface area (Å²) in [5.74, 6) is -0.687. The largest absolute Gasteiger partial charge is 0.478 e. The molecule has 180 valence electrons. The fourth-order valence-corrected chi connectivity index (χ4v) is 4.14. The molecule has 1 heterocycles. The first kappa shape index (κ1) is 24.0. The van der Waals surface area contributed by atoms with E-state index in [9.17, 15) is 14.7 Å². The highest BCUT2D eigenvalue weighted by molar-refractivity contribution is 6.09. The molecule has 2 N–H and O–H groups in total. The summed E-state index contributed by atoms with van der Waals surface area (Å²) in [6.45, 7) is 3.77. The summed E-state index contributed by atoms with van der Waals surface area (Å²) >= 11 is 0. The van der Waals surface area contributed by atoms with Gasteiger partial charge in [-0.2, -0.15) is 0 Å². The molecule has 0 spiro atoms. The third-order valence-corrected chi connectivity index (χ3v) is 5.92. The van der Waals surface area contributed by atoms with Gasteiger partial charge in [-0.3, -0.25) is 4.79 Å². The predicted molar refractivity (Wildman–Crippen MR) is 139 cm³/mol. The normalized spacial score (nSPS) is 11.2. The zero-order chi connectivity index (χ0) is 25.4. The molecule has 0 saturated heterocycles. The number of hydrogen-bond donors (Lipinski definition) is 2. The summed E-state index contributed by atoms with van der Waals surface area (Å²) in [5, 5.41) is 14.7. The molecule has 35 heavy (non-hydrogen) atoms. The first-order valence-electron chi connectivity index (χ1n) is 11.4. The Morgan fingerprint density at radius 3 is 2.34 bits per heavy atom. The van der Waals surface area contributed by atoms with E-state index in [0.29, 0.717) is 28.0 Å². The second-order valence-corrected chi connectivity index (χ2v) is 9.32. The molecule has 2 aromatic carbocycles. The van der Waals surface area contributed by atoms with Crippen LogP contribution >= 0.6 is 0 Å². The topological polar surface area (TPSA) is 85.8 Å². The lowest BCUT2D eigenvalue weighted by Gasteiger charge is -2.19. The minimum Gasteiger partial charge on any atom is -0.478 e. The molecule has 0 saturated carbocycles. The number of carbonyl (C=O) groups excluding carboxylic acids is 1. The van der Waals surface area contributed by atoms with Gasteiger partial charge in [0, 0.05) is 60.0 Å². The monoisotopic (exact) mass is 472 g/mol. The number of carboxylic acids is 1. The second-order valence-electron chi connectivity index (χ2n) is 9.32. The van der Waals surface area contributed by atoms with Crippen LogP contribution in [-0.4, -0.2) is 51.2 Å². The Morgan fingerprint density at radius 2 is 1.71 bits per heavy atom. The van der Waals surface area contributed by atoms with Crippen molar-refractivity contribution in [3.05, 3.63) is 71.1 Å². The number of hydrogen-bond acceptors (Lipinski definition) is 4. The molecule has 1 amide bonds. The van der Waals surface area contributed by atoms with E-state index >= 15 is 0 Å². The lowest BCUT2D eigenvalue weighted by atomic mass is 9.89. The van der Waals surface area contributed by atoms with Gasteiger partial charge in [0.25, 0.3) is 5.91 Å². The van der Waals surface area contributed by atoms with E-state index in [1.807, 2.05) is 87.9 Å². The fraction of sp³-hybridized carbons (Fsp3) is 0.250. The Morgan fingerprint density at radius 1 is 0.971 bits per heavy atom. The van der Waals surface area contributed by atoms with Crippen molar-refractivity contribution in [2.45, 2.75) is 19.9 Å². The standard InChI is InChI=1S/C28H29N3O4/c1-16(2)29-27(32)17-7-10-20(28(33)34)23(13-17)26-21-11-8-18(30(3)4)14-24(21)35-25-15-19(31(5)6)9-12-22(25)26/h7-16H,1-6H3,(H-,29,32,33,34)/p+1. The first-order valence-corrected chi connectivity index (χ1v) is 11.4. The minimum atomic E-state index is -1.06. The number of fused-ring (bicyclic) bond motifs is 2. The molecule has 0 unspecified atom stereocenters. The molecular weight excluding hydrogens is 442 g/mol. The maximum atomic E-state index is 12.8. The quantitative estimate of drug-likeness (QED) is 0.337. The molecule has 2 aliphatic rings. The zero-order valence-electron chi connectivity index (χ0n) is 20.8. The third-order valence-electron chi connectivity index (χ3n) is 5.92. The number of rotatable bonds is 5. The highest BCUT2D eigenvalue weighted by atomic mass is 16.4. The van der Waals surface area contributed by atoms with Crippen LogP contribution in [0.15, 0.2) is 59.0 Å². The number of nitrogens with one attached hydrogen (secondary N) is 1. The van der Waals surface area contributed by atoms with Crippen LogP contribution in [0.4, 0.5) is 5.69 Å². The predicted octanol–water partition coefficient (Wildman–Crippen LogP) is 4.14. The number of nitrogens with zero attached hydrogens (tertiary/aromatic N) is 2. The molecule has 4 rings (SSSR count). The van der Waals surface area contributed by atoms with Crippen LogP contribution in [-0.2, 0) is 0 Å². The van der Waals surface area contributed by atoms with Crippen LogP contribution < -0.4 is 20.1 Å². The summed E-state index contributed by atoms with van der Waals surface area (Å²) in [6.07, 6.45) is 0. The molecule has 0 bridgehead atoms. The van der Waals surface area contributed by atoms with Crippen molar-refractivity contribution in [2.75, 3.05) is 33.1 Å². The van der Waals surface area contributed by atoms with E-state index in [1.54, 1.807) is 12.1 Å². The average Bonchev–Trinajstić information content (AvgIpc) is 2.80. The van der Waals surface area contributed by atoms with Crippen LogP contribution in [0.5, 0.6) is 0 Å². The van der Waals surface area contributed by atoms with Gasteiger partial charge >= 0.3 is 5.97 Å². The molecule has 1 aliphatic carbocycles. The Labute approximate surface area is 204 Å². The van der Waals surface area contributed by atoms with Gasteiger partial charge in [-0.15, -0.1) is 0 Å². The molecule has 0 fully saturated rings. The van der Waals surface area contributed by atoms with Crippen molar-refractivity contribution in [3.8, 4) is 22.5 Å². The van der Waals surface area contributed by atoms with E-state index < -0.39 is 5.97 Å². The number of carboxylic acid groups (broad SMARTS) is 1. The SMILES string of the molecule is CC(C)NC(=O)c1ccc(C(=O)O)c(-c2c3ccc(=[N+](C)C)cc-3oc3cc(N(C)C)ccc23)c1. The van der Waals surface area contributed by atoms with Crippen LogP contribution in [0.1, 0.15) is 34.6 Å². The van der Waals surface area contributed by atoms with Gasteiger partial charge in [0.05, 0.1) is 11.6 Å². The number of aromatic carboxylic acids is 1. The summed E-state index contributed by atoms with van der Waals surface area (Å²) in [5.41, 5.74) is 4.05. The Kier molecular flexibility index (Phi) is 6.35. The van der Waals surface area contributed by atoms with E-state index in [-0.39, 0.29) is 17.5 Å². The fourth-order valence-electron chi connectivity index (χ4n) is 4.14. The summed E-state index contributed by atoms with van der Waals surface area (Å²) < 4.78 is 8.32. The molecule has 1 aliphatic heterocycles. The van der Waals surface area contributed by atoms with E-state index in [0.717, 1.165) is 22.0 Å². The van der Waals surface area contributed by atoms with Gasteiger partial charge in [-0.05, 0) is 55.8 Å². The number of anilines is 1. The van der Waals surface area contributed by atoms with Crippen LogP contribution in [0.25, 0.3) is 33.4 Å². The number of amides is 1. The van der Waals surface area contributed by atoms with Crippen molar-refractivity contribution in [1.29, 1.82) is 0 Å². The van der Waals surface area contributed by atoms with E-state index in [1.165, 1.54) is 6.07 Å². The number of benzene rings is 3. The number of carbonyl (C=O) groups is 2. The summed E-state index contributed by atoms with van der Waals surface area (Å²) in [4.78, 5) is 27.1. The van der Waals surface area contributed by atoms with E-state index in [4.69, 9.17) is 4.42 Å². The average molecular weight is 473 g/mol. The molecule has 2 aromatic rings. The van der Waals surface area contributed by atoms with E-state index in [2.05, 4.69) is 5.32 Å². The lowest BCUT2D eigenvalue weighted by Crippen LogP contribution is -2.30. The minimum absolute atomic E-state index is 0.0452. The van der Waals surface area contributed by atoms with Crippen LogP contribution in [0.2, 0.25) is 0 Å². The van der Waals surface area contributed by atoms with Gasteiger partial charge in [0.1, 0.15) is 25.4 Å². The van der Waals surface area contributed by atoms with Gasteiger partial charge in [-0.1, -0.05) is 0 Å². The van der Waals surface area contributed by atoms with Crippen molar-refractivity contribution >= 4 is 28.5 Å². The van der Waals surface area contributed by atoms with Crippen LogP contribution in [0, 0.1) is 0 Å². The van der Waals surface area contributed by atoms with Crippen molar-refractivity contribution in [2.24, 2.45) is 0 Å². The van der Waals surface area contributed by atoms with Gasteiger partial charge in [0.15, 0.2) is 0 Å². The highest BCUT2D eigenvalue weighted by Crippen LogP contribution is 2.42. The zero-order valence-corrected chi connectivity index (χ0v) is 20.8. The molecule has 7 nitrogen and oxygen atoms in total.